The van der Waals surface area contributed by atoms with Gasteiger partial charge in [0.15, 0.2) is 0 Å². The second kappa shape index (κ2) is 36.8. The number of para-hydroxylation sites is 4. The fourth-order valence-electron chi connectivity index (χ4n) is 26.8. The third kappa shape index (κ3) is 16.1. The van der Waals surface area contributed by atoms with E-state index in [0.29, 0.717) is 0 Å². The van der Waals surface area contributed by atoms with Crippen molar-refractivity contribution in [2.75, 3.05) is 0 Å². The molecule has 0 bridgehead atoms. The molecule has 0 radical (unpaired) electrons. The molecule has 0 aliphatic heterocycles. The van der Waals surface area contributed by atoms with E-state index in [9.17, 15) is 0 Å². The molecule has 144 heavy (non-hydrogen) atoms. The Hall–Kier alpha value is -14.9. The molecule has 0 unspecified atom stereocenters. The number of hydrogen-bond acceptors (Lipinski definition) is 4. The Labute approximate surface area is 852 Å². The SMILES string of the molecule is Cc1cc(C)c(B(c2cc(C)c(-n3c4ccccc4c4c5c6ccccc6n(-c6cnc(B(c7c(C)cc(C)cc7C)c7c(C)cc(C)cc7C)cc6C)c5ccc43)cn2)c2c(C)cc(C)cc2C)c(C)c1.Cc1cc(C)c(B(c2cc(C)c(-n3c4ccccc4c4cc5c(cc43)c3ccccc3n5-c3cnc(B(c4c(C)cc(C)cc4C)c4c(C)cc(C)cc4C)cc3C)cn2)c2c(C)cc(C)cc2C)c(C)c1. The van der Waals surface area contributed by atoms with Gasteiger partial charge >= 0.3 is 0 Å². The van der Waals surface area contributed by atoms with Gasteiger partial charge < -0.3 is 18.3 Å². The van der Waals surface area contributed by atoms with Crippen molar-refractivity contribution in [3.8, 4) is 22.7 Å². The van der Waals surface area contributed by atoms with Crippen LogP contribution < -0.4 is 66.1 Å². The highest BCUT2D eigenvalue weighted by atomic mass is 15.0. The van der Waals surface area contributed by atoms with Crippen LogP contribution in [0.3, 0.4) is 0 Å². The van der Waals surface area contributed by atoms with Gasteiger partial charge in [-0.25, -0.2) is 0 Å². The summed E-state index contributed by atoms with van der Waals surface area (Å²) in [6.45, 7) is 62.9. The molecule has 22 rings (SSSR count). The van der Waals surface area contributed by atoms with Crippen LogP contribution in [0.25, 0.3) is 110 Å². The van der Waals surface area contributed by atoms with Crippen molar-refractivity contribution in [3.05, 3.63) is 423 Å². The molecule has 0 N–H and O–H groups in total. The fraction of sp³-hybridized carbons (Fsp3) is 0.212. The van der Waals surface area contributed by atoms with Crippen LogP contribution >= 0.6 is 0 Å². The number of rotatable bonds is 16. The summed E-state index contributed by atoms with van der Waals surface area (Å²) in [7, 11) is 0. The largest absolute Gasteiger partial charge is 0.307 e. The molecule has 8 nitrogen and oxygen atoms in total. The van der Waals surface area contributed by atoms with Gasteiger partial charge in [-0.3, -0.25) is 19.9 Å². The summed E-state index contributed by atoms with van der Waals surface area (Å²) in [6.07, 6.45) is 8.55. The average Bonchev–Trinajstić information content (AvgIpc) is 1.54. The molecule has 8 heterocycles. The molecule has 0 aliphatic rings. The molecule has 0 saturated carbocycles. The minimum Gasteiger partial charge on any atom is -0.307 e. The lowest BCUT2D eigenvalue weighted by atomic mass is 9.35. The van der Waals surface area contributed by atoms with Gasteiger partial charge in [-0.1, -0.05) is 347 Å². The maximum absolute atomic E-state index is 5.49. The van der Waals surface area contributed by atoms with E-state index in [1.165, 1.54) is 243 Å². The third-order valence-corrected chi connectivity index (χ3v) is 31.7. The third-order valence-electron chi connectivity index (χ3n) is 31.7. The van der Waals surface area contributed by atoms with E-state index in [1.54, 1.807) is 0 Å². The molecular formula is C132H128B4N8. The van der Waals surface area contributed by atoms with Crippen molar-refractivity contribution in [1.29, 1.82) is 0 Å². The number of nitrogens with zero attached hydrogens (tertiary/aromatic N) is 8. The van der Waals surface area contributed by atoms with Crippen LogP contribution in [0.5, 0.6) is 0 Å². The second-order valence-corrected chi connectivity index (χ2v) is 43.0. The van der Waals surface area contributed by atoms with Gasteiger partial charge in [0.2, 0.25) is 0 Å². The first-order valence-electron chi connectivity index (χ1n) is 51.4. The summed E-state index contributed by atoms with van der Waals surface area (Å²) in [4.78, 5) is 22.0. The first-order valence-corrected chi connectivity index (χ1v) is 51.4. The van der Waals surface area contributed by atoms with Gasteiger partial charge in [-0.2, -0.15) is 0 Å². The van der Waals surface area contributed by atoms with E-state index in [-0.39, 0.29) is 26.9 Å². The van der Waals surface area contributed by atoms with Crippen LogP contribution in [0.1, 0.15) is 156 Å². The van der Waals surface area contributed by atoms with Gasteiger partial charge in [-0.05, 0) is 289 Å². The molecule has 8 aromatic heterocycles. The van der Waals surface area contributed by atoms with Crippen LogP contribution in [0.4, 0.5) is 0 Å². The lowest BCUT2D eigenvalue weighted by Gasteiger charge is -2.24. The maximum Gasteiger partial charge on any atom is 0.266 e. The van der Waals surface area contributed by atoms with Gasteiger partial charge in [0.05, 0.1) is 91.7 Å². The van der Waals surface area contributed by atoms with Crippen molar-refractivity contribution in [3.63, 3.8) is 0 Å². The first-order chi connectivity index (χ1) is 69.0. The highest BCUT2D eigenvalue weighted by Gasteiger charge is 2.38. The molecular weight excluding hydrogens is 1740 g/mol. The fourth-order valence-corrected chi connectivity index (χ4v) is 26.8. The highest BCUT2D eigenvalue weighted by Crippen LogP contribution is 2.45. The summed E-state index contributed by atoms with van der Waals surface area (Å²) >= 11 is 0. The molecule has 22 aromatic rings. The van der Waals surface area contributed by atoms with Crippen LogP contribution in [0.2, 0.25) is 0 Å². The molecule has 0 aliphatic carbocycles. The van der Waals surface area contributed by atoms with Crippen LogP contribution in [0.15, 0.2) is 267 Å². The van der Waals surface area contributed by atoms with Crippen molar-refractivity contribution in [1.82, 2.24) is 38.2 Å². The van der Waals surface area contributed by atoms with Crippen LogP contribution in [-0.4, -0.2) is 65.1 Å². The highest BCUT2D eigenvalue weighted by molar-refractivity contribution is 6.98. The number of hydrogen-bond donors (Lipinski definition) is 0. The Morgan fingerprint density at radius 2 is 0.319 bits per heavy atom. The predicted octanol–water partition coefficient (Wildman–Crippen LogP) is 24.0. The summed E-state index contributed by atoms with van der Waals surface area (Å²) in [6, 6.07) is 91.8. The number of benzene rings is 14. The van der Waals surface area contributed by atoms with Gasteiger partial charge in [0.25, 0.3) is 26.9 Å². The maximum atomic E-state index is 5.49. The zero-order chi connectivity index (χ0) is 101. The van der Waals surface area contributed by atoms with E-state index in [1.807, 2.05) is 0 Å². The normalized spacial score (nSPS) is 11.8. The van der Waals surface area contributed by atoms with Crippen LogP contribution in [-0.2, 0) is 0 Å². The average molecular weight is 1870 g/mol. The summed E-state index contributed by atoms with van der Waals surface area (Å²) in [5.74, 6) is 0. The number of aryl methyl sites for hydroxylation is 28. The molecule has 0 amide bonds. The number of pyridine rings is 4. The lowest BCUT2D eigenvalue weighted by molar-refractivity contribution is 1.11. The summed E-state index contributed by atoms with van der Waals surface area (Å²) in [5.41, 5.74) is 64.6. The monoisotopic (exact) mass is 1870 g/mol. The molecule has 708 valence electrons. The van der Waals surface area contributed by atoms with E-state index >= 15 is 0 Å². The standard InChI is InChI=1S/2C66H64B2N4/c1-37-23-43(7)63(44(8)24-37)67(64-45(9)25-38(2)26-46(64)10)61-31-41(5)59(35-69-61)71-55-21-17-15-19-51(55)53-34-58-54(33-57(53)71)52-20-16-18-22-56(52)72(58)60-36-70-62(32-42(60)6)68(65-47(11)27-39(3)28-48(65)12)66-49(13)29-40(4)30-50(66)14;1-37-25-43(7)63(44(8)26-37)67(64-45(9)27-38(2)28-46(64)10)59-33-41(5)57(35-69-59)71-53-21-17-15-19-51(53)61-55(71)23-24-56-62(61)52-20-16-18-22-54(52)72(56)58-36-70-60(34-42(58)6)68(65-47(11)29-39(3)30-48(65)12)66-49(13)31-40(4)32-50(66)14/h2*15-36H,1-14H3. The quantitative estimate of drug-likeness (QED) is 0.0904. The summed E-state index contributed by atoms with van der Waals surface area (Å²) < 4.78 is 9.81. The van der Waals surface area contributed by atoms with E-state index in [4.69, 9.17) is 19.9 Å². The molecule has 14 aromatic carbocycles. The molecule has 0 saturated heterocycles. The second-order valence-electron chi connectivity index (χ2n) is 43.0. The molecule has 12 heteroatoms. The van der Waals surface area contributed by atoms with E-state index in [0.717, 1.165) is 89.3 Å². The van der Waals surface area contributed by atoms with Crippen molar-refractivity contribution < 1.29 is 0 Å². The topological polar surface area (TPSA) is 71.3 Å². The Morgan fingerprint density at radius 3 is 0.507 bits per heavy atom. The number of fused-ring (bicyclic) bond motifs is 13. The molecule has 0 spiro atoms. The zero-order valence-electron chi connectivity index (χ0n) is 89.3. The first kappa shape index (κ1) is 95.3. The van der Waals surface area contributed by atoms with Gasteiger partial charge in [-0.15, -0.1) is 0 Å². The van der Waals surface area contributed by atoms with Gasteiger partial charge in [0.1, 0.15) is 0 Å². The Bertz CT molecular complexity index is 7880. The predicted molar refractivity (Wildman–Crippen MR) is 624 cm³/mol. The Kier molecular flexibility index (Phi) is 24.4. The molecule has 0 atom stereocenters. The lowest BCUT2D eigenvalue weighted by Crippen LogP contribution is -2.57. The van der Waals surface area contributed by atoms with E-state index < -0.39 is 0 Å². The van der Waals surface area contributed by atoms with Crippen LogP contribution in [0, 0.1) is 194 Å². The van der Waals surface area contributed by atoms with Crippen molar-refractivity contribution in [2.45, 2.75) is 194 Å². The Morgan fingerprint density at radius 1 is 0.153 bits per heavy atom. The van der Waals surface area contributed by atoms with Gasteiger partial charge in [0, 0.05) is 65.5 Å². The van der Waals surface area contributed by atoms with E-state index in [2.05, 4.69) is 480 Å². The Balaban J connectivity index is 0.000000170. The smallest absolute Gasteiger partial charge is 0.266 e. The molecule has 0 fully saturated rings. The van der Waals surface area contributed by atoms with Crippen molar-refractivity contribution in [2.24, 2.45) is 0 Å². The number of aromatic nitrogens is 8. The minimum absolute atomic E-state index is 0.00701. The summed E-state index contributed by atoms with van der Waals surface area (Å²) in [5, 5.41) is 9.77. The van der Waals surface area contributed by atoms with Crippen molar-refractivity contribution >= 4 is 180 Å². The zero-order valence-corrected chi connectivity index (χ0v) is 89.3. The minimum atomic E-state index is -0.00701.